The van der Waals surface area contributed by atoms with Gasteiger partial charge in [-0.25, -0.2) is 8.78 Å². The number of rotatable bonds is 6. The predicted molar refractivity (Wildman–Crippen MR) is 69.5 cm³/mol. The molecule has 1 N–H and O–H groups in total. The SMILES string of the molecule is CC(C)(CCNC1CC1)Cc1ccc(F)c(F)c1. The Morgan fingerprint density at radius 3 is 2.56 bits per heavy atom. The lowest BCUT2D eigenvalue weighted by atomic mass is 9.82. The zero-order valence-corrected chi connectivity index (χ0v) is 11.1. The quantitative estimate of drug-likeness (QED) is 0.815. The Labute approximate surface area is 108 Å². The summed E-state index contributed by atoms with van der Waals surface area (Å²) in [5.41, 5.74) is 0.969. The molecule has 1 aliphatic carbocycles. The van der Waals surface area contributed by atoms with Gasteiger partial charge in [0.05, 0.1) is 0 Å². The number of hydrogen-bond donors (Lipinski definition) is 1. The molecule has 0 unspecified atom stereocenters. The van der Waals surface area contributed by atoms with E-state index in [4.69, 9.17) is 0 Å². The molecule has 3 heteroatoms. The molecule has 2 rings (SSSR count). The second-order valence-corrected chi connectivity index (χ2v) is 6.07. The summed E-state index contributed by atoms with van der Waals surface area (Å²) in [5, 5.41) is 3.48. The number of hydrogen-bond acceptors (Lipinski definition) is 1. The third-order valence-electron chi connectivity index (χ3n) is 3.48. The van der Waals surface area contributed by atoms with Gasteiger partial charge < -0.3 is 5.32 Å². The van der Waals surface area contributed by atoms with E-state index >= 15 is 0 Å². The summed E-state index contributed by atoms with van der Waals surface area (Å²) in [6.45, 7) is 5.34. The molecule has 1 aromatic carbocycles. The van der Waals surface area contributed by atoms with Crippen LogP contribution in [0.15, 0.2) is 18.2 Å². The molecule has 1 fully saturated rings. The largest absolute Gasteiger partial charge is 0.314 e. The molecule has 1 nitrogen and oxygen atoms in total. The summed E-state index contributed by atoms with van der Waals surface area (Å²) in [5.74, 6) is -1.52. The molecular weight excluding hydrogens is 232 g/mol. The standard InChI is InChI=1S/C15H21F2N/c1-15(2,7-8-18-12-4-5-12)10-11-3-6-13(16)14(17)9-11/h3,6,9,12,18H,4-5,7-8,10H2,1-2H3. The first kappa shape index (κ1) is 13.5. The van der Waals surface area contributed by atoms with Gasteiger partial charge in [-0.2, -0.15) is 0 Å². The molecule has 0 spiro atoms. The van der Waals surface area contributed by atoms with Gasteiger partial charge in [0.1, 0.15) is 0 Å². The molecule has 1 aliphatic rings. The molecule has 0 aliphatic heterocycles. The van der Waals surface area contributed by atoms with Crippen LogP contribution in [0.5, 0.6) is 0 Å². The van der Waals surface area contributed by atoms with Crippen molar-refractivity contribution in [2.45, 2.75) is 45.6 Å². The first-order valence-electron chi connectivity index (χ1n) is 6.64. The van der Waals surface area contributed by atoms with E-state index in [2.05, 4.69) is 19.2 Å². The van der Waals surface area contributed by atoms with E-state index in [0.29, 0.717) is 0 Å². The number of benzene rings is 1. The van der Waals surface area contributed by atoms with Gasteiger partial charge >= 0.3 is 0 Å². The van der Waals surface area contributed by atoms with Gasteiger partial charge in [0.15, 0.2) is 11.6 Å². The highest BCUT2D eigenvalue weighted by Crippen LogP contribution is 2.27. The molecule has 1 saturated carbocycles. The van der Waals surface area contributed by atoms with Crippen LogP contribution in [0, 0.1) is 17.0 Å². The van der Waals surface area contributed by atoms with Gasteiger partial charge in [-0.05, 0) is 55.3 Å². The van der Waals surface area contributed by atoms with Crippen LogP contribution in [0.2, 0.25) is 0 Å². The maximum absolute atomic E-state index is 13.1. The van der Waals surface area contributed by atoms with Crippen molar-refractivity contribution in [3.63, 3.8) is 0 Å². The fourth-order valence-corrected chi connectivity index (χ4v) is 2.19. The summed E-state index contributed by atoms with van der Waals surface area (Å²) in [4.78, 5) is 0. The first-order chi connectivity index (χ1) is 8.46. The third kappa shape index (κ3) is 4.05. The van der Waals surface area contributed by atoms with Crippen molar-refractivity contribution in [3.8, 4) is 0 Å². The number of halogens is 2. The van der Waals surface area contributed by atoms with E-state index < -0.39 is 11.6 Å². The molecule has 0 amide bonds. The van der Waals surface area contributed by atoms with Crippen LogP contribution in [0.4, 0.5) is 8.78 Å². The van der Waals surface area contributed by atoms with Crippen molar-refractivity contribution in [2.24, 2.45) is 5.41 Å². The Balaban J connectivity index is 1.86. The van der Waals surface area contributed by atoms with Crippen molar-refractivity contribution in [1.29, 1.82) is 0 Å². The molecule has 0 aromatic heterocycles. The average molecular weight is 253 g/mol. The molecule has 1 aromatic rings. The highest BCUT2D eigenvalue weighted by molar-refractivity contribution is 5.19. The molecule has 0 radical (unpaired) electrons. The monoisotopic (exact) mass is 253 g/mol. The van der Waals surface area contributed by atoms with Crippen molar-refractivity contribution in [3.05, 3.63) is 35.4 Å². The molecular formula is C15H21F2N. The van der Waals surface area contributed by atoms with E-state index in [-0.39, 0.29) is 5.41 Å². The summed E-state index contributed by atoms with van der Waals surface area (Å²) in [6, 6.07) is 4.92. The topological polar surface area (TPSA) is 12.0 Å². The van der Waals surface area contributed by atoms with E-state index in [9.17, 15) is 8.78 Å². The Bertz CT molecular complexity index is 411. The Hall–Kier alpha value is -0.960. The van der Waals surface area contributed by atoms with Crippen LogP contribution in [0.1, 0.15) is 38.7 Å². The molecule has 0 heterocycles. The van der Waals surface area contributed by atoms with Gasteiger partial charge in [0, 0.05) is 6.04 Å². The second kappa shape index (κ2) is 5.35. The highest BCUT2D eigenvalue weighted by atomic mass is 19.2. The van der Waals surface area contributed by atoms with Crippen LogP contribution >= 0.6 is 0 Å². The highest BCUT2D eigenvalue weighted by Gasteiger charge is 2.23. The van der Waals surface area contributed by atoms with Crippen molar-refractivity contribution >= 4 is 0 Å². The fourth-order valence-electron chi connectivity index (χ4n) is 2.19. The first-order valence-corrected chi connectivity index (χ1v) is 6.64. The lowest BCUT2D eigenvalue weighted by Gasteiger charge is -2.25. The zero-order valence-electron chi connectivity index (χ0n) is 11.1. The van der Waals surface area contributed by atoms with Gasteiger partial charge in [0.2, 0.25) is 0 Å². The summed E-state index contributed by atoms with van der Waals surface area (Å²) < 4.78 is 26.0. The molecule has 0 saturated heterocycles. The molecule has 0 bridgehead atoms. The Morgan fingerprint density at radius 1 is 1.22 bits per heavy atom. The van der Waals surface area contributed by atoms with Crippen LogP contribution in [-0.4, -0.2) is 12.6 Å². The Kier molecular flexibility index (Phi) is 4.00. The fraction of sp³-hybridized carbons (Fsp3) is 0.600. The lowest BCUT2D eigenvalue weighted by Crippen LogP contribution is -2.25. The smallest absolute Gasteiger partial charge is 0.159 e. The molecule has 0 atom stereocenters. The third-order valence-corrected chi connectivity index (χ3v) is 3.48. The maximum Gasteiger partial charge on any atom is 0.159 e. The van der Waals surface area contributed by atoms with Crippen LogP contribution in [0.25, 0.3) is 0 Å². The van der Waals surface area contributed by atoms with E-state index in [0.717, 1.165) is 31.0 Å². The minimum absolute atomic E-state index is 0.103. The van der Waals surface area contributed by atoms with E-state index in [1.54, 1.807) is 6.07 Å². The summed E-state index contributed by atoms with van der Waals surface area (Å²) >= 11 is 0. The maximum atomic E-state index is 13.1. The van der Waals surface area contributed by atoms with Crippen LogP contribution < -0.4 is 5.32 Å². The van der Waals surface area contributed by atoms with E-state index in [1.807, 2.05) is 0 Å². The van der Waals surface area contributed by atoms with Crippen LogP contribution in [0.3, 0.4) is 0 Å². The summed E-state index contributed by atoms with van der Waals surface area (Å²) in [6.07, 6.45) is 4.41. The van der Waals surface area contributed by atoms with Gasteiger partial charge in [0.25, 0.3) is 0 Å². The molecule has 18 heavy (non-hydrogen) atoms. The minimum Gasteiger partial charge on any atom is -0.314 e. The Morgan fingerprint density at radius 2 is 1.94 bits per heavy atom. The predicted octanol–water partition coefficient (Wildman–Crippen LogP) is 3.68. The van der Waals surface area contributed by atoms with Crippen molar-refractivity contribution in [2.75, 3.05) is 6.54 Å². The lowest BCUT2D eigenvalue weighted by molar-refractivity contribution is 0.324. The van der Waals surface area contributed by atoms with Crippen molar-refractivity contribution < 1.29 is 8.78 Å². The second-order valence-electron chi connectivity index (χ2n) is 6.07. The summed E-state index contributed by atoms with van der Waals surface area (Å²) in [7, 11) is 0. The molecule has 100 valence electrons. The number of nitrogens with one attached hydrogen (secondary N) is 1. The van der Waals surface area contributed by atoms with Gasteiger partial charge in [-0.15, -0.1) is 0 Å². The minimum atomic E-state index is -0.771. The normalized spacial score (nSPS) is 16.0. The zero-order chi connectivity index (χ0) is 13.2. The van der Waals surface area contributed by atoms with Gasteiger partial charge in [-0.1, -0.05) is 19.9 Å². The van der Waals surface area contributed by atoms with Crippen molar-refractivity contribution in [1.82, 2.24) is 5.32 Å². The van der Waals surface area contributed by atoms with Crippen LogP contribution in [-0.2, 0) is 6.42 Å². The average Bonchev–Trinajstić information content (AvgIpc) is 3.07. The van der Waals surface area contributed by atoms with E-state index in [1.165, 1.54) is 25.0 Å². The van der Waals surface area contributed by atoms with Gasteiger partial charge in [-0.3, -0.25) is 0 Å².